The second-order valence-electron chi connectivity index (χ2n) is 5.84. The lowest BCUT2D eigenvalue weighted by Crippen LogP contribution is -2.07. The summed E-state index contributed by atoms with van der Waals surface area (Å²) in [6.45, 7) is 2.31. The third-order valence-corrected chi connectivity index (χ3v) is 4.64. The molecule has 0 atom stereocenters. The molecule has 0 spiro atoms. The van der Waals surface area contributed by atoms with Crippen molar-refractivity contribution in [2.45, 2.75) is 18.8 Å². The standard InChI is InChI=1S/C20H17N3O5S/c1-2-25-15-9-5-3-7-13(15)19-22-17(28-23-19)11-26-18(24)12-29-20-21-14-8-4-6-10-16(14)27-20/h3-10H,2,11-12H2,1H3. The van der Waals surface area contributed by atoms with Gasteiger partial charge in [0.1, 0.15) is 17.0 Å². The van der Waals surface area contributed by atoms with E-state index in [2.05, 4.69) is 15.1 Å². The van der Waals surface area contributed by atoms with Gasteiger partial charge in [0.2, 0.25) is 5.82 Å². The average Bonchev–Trinajstić information content (AvgIpc) is 3.38. The molecule has 29 heavy (non-hydrogen) atoms. The summed E-state index contributed by atoms with van der Waals surface area (Å²) in [5.41, 5.74) is 2.13. The fourth-order valence-electron chi connectivity index (χ4n) is 2.57. The number of hydrogen-bond donors (Lipinski definition) is 0. The first-order chi connectivity index (χ1) is 14.2. The highest BCUT2D eigenvalue weighted by Gasteiger charge is 2.15. The van der Waals surface area contributed by atoms with Crippen molar-refractivity contribution < 1.29 is 23.2 Å². The van der Waals surface area contributed by atoms with E-state index in [0.29, 0.717) is 34.6 Å². The summed E-state index contributed by atoms with van der Waals surface area (Å²) in [6, 6.07) is 14.8. The third kappa shape index (κ3) is 4.57. The van der Waals surface area contributed by atoms with Crippen molar-refractivity contribution >= 4 is 28.8 Å². The molecular formula is C20H17N3O5S. The van der Waals surface area contributed by atoms with E-state index in [9.17, 15) is 4.79 Å². The van der Waals surface area contributed by atoms with Crippen LogP contribution in [0.3, 0.4) is 0 Å². The first kappa shape index (κ1) is 19.0. The number of thioether (sulfide) groups is 1. The molecule has 0 saturated carbocycles. The van der Waals surface area contributed by atoms with Gasteiger partial charge in [0.05, 0.1) is 12.2 Å². The zero-order valence-corrected chi connectivity index (χ0v) is 16.3. The zero-order valence-electron chi connectivity index (χ0n) is 15.5. The molecule has 0 amide bonds. The molecule has 4 aromatic rings. The van der Waals surface area contributed by atoms with Gasteiger partial charge in [-0.2, -0.15) is 4.98 Å². The molecule has 0 aliphatic rings. The summed E-state index contributed by atoms with van der Waals surface area (Å²) in [7, 11) is 0. The average molecular weight is 411 g/mol. The second kappa shape index (κ2) is 8.78. The van der Waals surface area contributed by atoms with Crippen molar-refractivity contribution in [2.75, 3.05) is 12.4 Å². The van der Waals surface area contributed by atoms with Crippen LogP contribution in [0.1, 0.15) is 12.8 Å². The molecule has 2 heterocycles. The van der Waals surface area contributed by atoms with Gasteiger partial charge in [0.25, 0.3) is 11.1 Å². The predicted molar refractivity (Wildman–Crippen MR) is 105 cm³/mol. The Morgan fingerprint density at radius 1 is 1.10 bits per heavy atom. The fourth-order valence-corrected chi connectivity index (χ4v) is 3.21. The summed E-state index contributed by atoms with van der Waals surface area (Å²) < 4.78 is 21.5. The Labute approximate surface area is 170 Å². The molecule has 0 fully saturated rings. The van der Waals surface area contributed by atoms with Crippen LogP contribution >= 0.6 is 11.8 Å². The van der Waals surface area contributed by atoms with Crippen LogP contribution in [0.5, 0.6) is 5.75 Å². The van der Waals surface area contributed by atoms with Crippen LogP contribution < -0.4 is 4.74 Å². The van der Waals surface area contributed by atoms with E-state index in [1.807, 2.05) is 55.5 Å². The Balaban J connectivity index is 1.32. The number of ether oxygens (including phenoxy) is 2. The minimum Gasteiger partial charge on any atom is -0.493 e. The molecule has 8 nitrogen and oxygen atoms in total. The Bertz CT molecular complexity index is 1090. The predicted octanol–water partition coefficient (Wildman–Crippen LogP) is 4.11. The number of nitrogens with zero attached hydrogens (tertiary/aromatic N) is 3. The minimum atomic E-state index is -0.438. The van der Waals surface area contributed by atoms with Crippen LogP contribution in [0.4, 0.5) is 0 Å². The molecular weight excluding hydrogens is 394 g/mol. The number of hydrogen-bond acceptors (Lipinski definition) is 9. The summed E-state index contributed by atoms with van der Waals surface area (Å²) in [5.74, 6) is 0.856. The van der Waals surface area contributed by atoms with Gasteiger partial charge < -0.3 is 18.4 Å². The van der Waals surface area contributed by atoms with Crippen LogP contribution in [0.2, 0.25) is 0 Å². The largest absolute Gasteiger partial charge is 0.493 e. The van der Waals surface area contributed by atoms with E-state index >= 15 is 0 Å². The Hall–Kier alpha value is -3.33. The molecule has 0 unspecified atom stereocenters. The molecule has 0 aliphatic carbocycles. The van der Waals surface area contributed by atoms with E-state index in [1.54, 1.807) is 0 Å². The Kier molecular flexibility index (Phi) is 5.76. The summed E-state index contributed by atoms with van der Waals surface area (Å²) >= 11 is 1.16. The molecule has 0 aliphatic heterocycles. The van der Waals surface area contributed by atoms with Crippen LogP contribution in [0.25, 0.3) is 22.5 Å². The topological polar surface area (TPSA) is 100 Å². The molecule has 148 valence electrons. The highest BCUT2D eigenvalue weighted by molar-refractivity contribution is 7.99. The summed E-state index contributed by atoms with van der Waals surface area (Å²) in [5, 5.41) is 4.35. The molecule has 0 N–H and O–H groups in total. The summed E-state index contributed by atoms with van der Waals surface area (Å²) in [6.07, 6.45) is 0. The Morgan fingerprint density at radius 3 is 2.79 bits per heavy atom. The van der Waals surface area contributed by atoms with Gasteiger partial charge in [-0.1, -0.05) is 41.2 Å². The van der Waals surface area contributed by atoms with Gasteiger partial charge in [-0.25, -0.2) is 4.98 Å². The molecule has 0 saturated heterocycles. The van der Waals surface area contributed by atoms with Crippen molar-refractivity contribution in [2.24, 2.45) is 0 Å². The van der Waals surface area contributed by atoms with Gasteiger partial charge in [-0.3, -0.25) is 4.79 Å². The molecule has 9 heteroatoms. The maximum absolute atomic E-state index is 12.0. The lowest BCUT2D eigenvalue weighted by Gasteiger charge is -2.06. The van der Waals surface area contributed by atoms with Gasteiger partial charge in [-0.15, -0.1) is 0 Å². The number of oxazole rings is 1. The lowest BCUT2D eigenvalue weighted by atomic mass is 10.2. The molecule has 0 bridgehead atoms. The second-order valence-corrected chi connectivity index (χ2v) is 6.76. The van der Waals surface area contributed by atoms with Gasteiger partial charge >= 0.3 is 5.97 Å². The monoisotopic (exact) mass is 411 g/mol. The molecule has 2 aromatic heterocycles. The molecule has 0 radical (unpaired) electrons. The third-order valence-electron chi connectivity index (χ3n) is 3.84. The van der Waals surface area contributed by atoms with Gasteiger partial charge in [-0.05, 0) is 31.2 Å². The van der Waals surface area contributed by atoms with Crippen molar-refractivity contribution in [3.8, 4) is 17.1 Å². The number of carbonyl (C=O) groups is 1. The smallest absolute Gasteiger partial charge is 0.316 e. The van der Waals surface area contributed by atoms with E-state index in [-0.39, 0.29) is 18.3 Å². The SMILES string of the molecule is CCOc1ccccc1-c1noc(COC(=O)CSc2nc3ccccc3o2)n1. The quantitative estimate of drug-likeness (QED) is 0.313. The van der Waals surface area contributed by atoms with Gasteiger partial charge in [0.15, 0.2) is 12.2 Å². The number of fused-ring (bicyclic) bond motifs is 1. The van der Waals surface area contributed by atoms with E-state index < -0.39 is 5.97 Å². The van der Waals surface area contributed by atoms with E-state index in [1.165, 1.54) is 0 Å². The van der Waals surface area contributed by atoms with Crippen molar-refractivity contribution in [3.63, 3.8) is 0 Å². The summed E-state index contributed by atoms with van der Waals surface area (Å²) in [4.78, 5) is 20.6. The van der Waals surface area contributed by atoms with Gasteiger partial charge in [0, 0.05) is 0 Å². The fraction of sp³-hybridized carbons (Fsp3) is 0.200. The number of para-hydroxylation sites is 3. The van der Waals surface area contributed by atoms with E-state index in [4.69, 9.17) is 18.4 Å². The van der Waals surface area contributed by atoms with Crippen LogP contribution in [-0.2, 0) is 16.1 Å². The van der Waals surface area contributed by atoms with Crippen molar-refractivity contribution in [1.29, 1.82) is 0 Å². The lowest BCUT2D eigenvalue weighted by molar-refractivity contribution is -0.142. The first-order valence-electron chi connectivity index (χ1n) is 8.91. The number of rotatable bonds is 8. The maximum atomic E-state index is 12.0. The number of aromatic nitrogens is 3. The van der Waals surface area contributed by atoms with Crippen molar-refractivity contribution in [3.05, 3.63) is 54.4 Å². The van der Waals surface area contributed by atoms with Crippen LogP contribution in [0, 0.1) is 0 Å². The first-order valence-corrected chi connectivity index (χ1v) is 9.90. The van der Waals surface area contributed by atoms with Crippen molar-refractivity contribution in [1.82, 2.24) is 15.1 Å². The normalized spacial score (nSPS) is 10.9. The van der Waals surface area contributed by atoms with E-state index in [0.717, 1.165) is 17.3 Å². The molecule has 4 rings (SSSR count). The number of benzene rings is 2. The number of carbonyl (C=O) groups excluding carboxylic acids is 1. The van der Waals surface area contributed by atoms with Crippen LogP contribution in [0.15, 0.2) is 62.7 Å². The number of esters is 1. The van der Waals surface area contributed by atoms with Crippen LogP contribution in [-0.4, -0.2) is 33.5 Å². The highest BCUT2D eigenvalue weighted by Crippen LogP contribution is 2.27. The maximum Gasteiger partial charge on any atom is 0.316 e. The Morgan fingerprint density at radius 2 is 1.93 bits per heavy atom. The zero-order chi connectivity index (χ0) is 20.1. The minimum absolute atomic E-state index is 0.0565. The highest BCUT2D eigenvalue weighted by atomic mass is 32.2. The molecule has 2 aromatic carbocycles.